The first-order chi connectivity index (χ1) is 21.0. The molecule has 1 N–H and O–H groups in total. The average Bonchev–Trinajstić information content (AvgIpc) is 3.36. The van der Waals surface area contributed by atoms with Crippen molar-refractivity contribution in [1.82, 2.24) is 0 Å². The minimum atomic E-state index is -1.32. The molecule has 2 aromatic carbocycles. The number of hydrogen-bond acceptors (Lipinski definition) is 8. The van der Waals surface area contributed by atoms with Gasteiger partial charge in [-0.3, -0.25) is 0 Å². The molecule has 2 aliphatic heterocycles. The Kier molecular flexibility index (Phi) is 12.7. The van der Waals surface area contributed by atoms with Crippen LogP contribution in [-0.2, 0) is 35.9 Å². The van der Waals surface area contributed by atoms with Crippen LogP contribution in [0.4, 0.5) is 0 Å². The van der Waals surface area contributed by atoms with Gasteiger partial charge in [0.1, 0.15) is 24.1 Å². The number of halogens is 1. The second kappa shape index (κ2) is 16.2. The van der Waals surface area contributed by atoms with Gasteiger partial charge in [-0.2, -0.15) is 0 Å². The maximum atomic E-state index is 9.79. The molecule has 0 aromatic heterocycles. The molecule has 8 nitrogen and oxygen atoms in total. The monoisotopic (exact) mass is 617 g/mol. The molecule has 2 fully saturated rings. The van der Waals surface area contributed by atoms with Gasteiger partial charge >= 0.3 is 0 Å². The zero-order valence-corrected chi connectivity index (χ0v) is 26.8. The van der Waals surface area contributed by atoms with E-state index < -0.39 is 29.7 Å². The quantitative estimate of drug-likeness (QED) is 0.0813. The van der Waals surface area contributed by atoms with Crippen LogP contribution in [0.25, 0.3) is 0 Å². The lowest BCUT2D eigenvalue weighted by molar-refractivity contribution is -0.333. The largest absolute Gasteiger partial charge is 0.494 e. The second-order valence-electron chi connectivity index (χ2n) is 11.3. The van der Waals surface area contributed by atoms with Crippen LogP contribution in [0.1, 0.15) is 82.9 Å². The van der Waals surface area contributed by atoms with E-state index in [0.717, 1.165) is 61.0 Å². The van der Waals surface area contributed by atoms with Gasteiger partial charge in [-0.05, 0) is 68.0 Å². The summed E-state index contributed by atoms with van der Waals surface area (Å²) < 4.78 is 38.8. The Morgan fingerprint density at radius 2 is 1.56 bits per heavy atom. The first-order valence-corrected chi connectivity index (χ1v) is 16.2. The van der Waals surface area contributed by atoms with Crippen LogP contribution in [0.5, 0.6) is 5.75 Å². The van der Waals surface area contributed by atoms with Crippen molar-refractivity contribution < 1.29 is 33.6 Å². The third-order valence-electron chi connectivity index (χ3n) is 8.06. The lowest BCUT2D eigenvalue weighted by atomic mass is 9.83. The lowest BCUT2D eigenvalue weighted by Gasteiger charge is -2.50. The first-order valence-electron chi connectivity index (χ1n) is 15.8. The smallest absolute Gasteiger partial charge is 0.226 e. The Labute approximate surface area is 261 Å². The Bertz CT molecular complexity index is 1160. The second-order valence-corrected chi connectivity index (χ2v) is 11.7. The average molecular weight is 618 g/mol. The SMILES string of the molecule is CCCCO[C@@H]1[C@@H](OCCCC)[C@@]2(c3ccc(Cl)c(Cc4ccc(OCC)cc4)c3)OC[C@](/C=N/O)(O2)[C@H]1OCCCC. The van der Waals surface area contributed by atoms with Gasteiger partial charge in [-0.15, -0.1) is 0 Å². The minimum absolute atomic E-state index is 0.117. The number of oxime groups is 1. The minimum Gasteiger partial charge on any atom is -0.494 e. The van der Waals surface area contributed by atoms with Crippen LogP contribution in [0.2, 0.25) is 5.02 Å². The van der Waals surface area contributed by atoms with E-state index in [9.17, 15) is 5.21 Å². The van der Waals surface area contributed by atoms with Crippen molar-refractivity contribution in [2.24, 2.45) is 5.16 Å². The van der Waals surface area contributed by atoms with Gasteiger partial charge in [0, 0.05) is 30.4 Å². The number of unbranched alkanes of at least 4 members (excludes halogenated alkanes) is 3. The molecule has 0 radical (unpaired) electrons. The summed E-state index contributed by atoms with van der Waals surface area (Å²) in [6, 6.07) is 13.9. The Morgan fingerprint density at radius 3 is 2.19 bits per heavy atom. The summed E-state index contributed by atoms with van der Waals surface area (Å²) in [5.41, 5.74) is 1.62. The third-order valence-corrected chi connectivity index (χ3v) is 8.43. The van der Waals surface area contributed by atoms with E-state index in [2.05, 4.69) is 25.9 Å². The topological polar surface area (TPSA) is 88.0 Å². The molecule has 5 atom stereocenters. The molecule has 2 aliphatic rings. The standard InChI is InChI=1S/C34H48ClNO7/c1-5-9-18-39-30-31(40-19-10-6-2)33(23-36-37)24-42-34(43-33,32(30)41-20-11-7-3)27-14-17-29(35)26(22-27)21-25-12-15-28(16-13-25)38-8-4/h12-17,22-23,30-32,37H,5-11,18-21,24H2,1-4H3/b36-23+/t30-,31-,32+,33-,34-/m0/s1. The van der Waals surface area contributed by atoms with Gasteiger partial charge in [0.15, 0.2) is 5.60 Å². The predicted octanol–water partition coefficient (Wildman–Crippen LogP) is 7.30. The number of hydrogen-bond donors (Lipinski definition) is 1. The number of benzene rings is 2. The van der Waals surface area contributed by atoms with Crippen molar-refractivity contribution in [2.45, 2.75) is 102 Å². The maximum absolute atomic E-state index is 9.79. The van der Waals surface area contributed by atoms with Crippen molar-refractivity contribution in [3.8, 4) is 5.75 Å². The summed E-state index contributed by atoms with van der Waals surface area (Å²) in [5.74, 6) is -0.493. The van der Waals surface area contributed by atoms with Gasteiger partial charge in [-0.25, -0.2) is 0 Å². The van der Waals surface area contributed by atoms with Crippen LogP contribution in [0.3, 0.4) is 0 Å². The van der Waals surface area contributed by atoms with Gasteiger partial charge < -0.3 is 33.6 Å². The van der Waals surface area contributed by atoms with E-state index in [1.807, 2.05) is 49.4 Å². The van der Waals surface area contributed by atoms with Crippen LogP contribution in [0.15, 0.2) is 47.6 Å². The summed E-state index contributed by atoms with van der Waals surface area (Å²) in [6.45, 7) is 10.6. The van der Waals surface area contributed by atoms with Crippen molar-refractivity contribution >= 4 is 17.8 Å². The Morgan fingerprint density at radius 1 is 0.907 bits per heavy atom. The molecule has 2 saturated heterocycles. The summed E-state index contributed by atoms with van der Waals surface area (Å²) >= 11 is 6.75. The van der Waals surface area contributed by atoms with Crippen LogP contribution in [0, 0.1) is 0 Å². The number of nitrogens with zero attached hydrogens (tertiary/aromatic N) is 1. The molecule has 43 heavy (non-hydrogen) atoms. The molecule has 9 heteroatoms. The van der Waals surface area contributed by atoms with Crippen LogP contribution in [-0.4, -0.2) is 68.4 Å². The van der Waals surface area contributed by atoms with E-state index in [1.54, 1.807) is 0 Å². The van der Waals surface area contributed by atoms with E-state index >= 15 is 0 Å². The fourth-order valence-corrected chi connectivity index (χ4v) is 5.93. The number of ether oxygens (including phenoxy) is 6. The summed E-state index contributed by atoms with van der Waals surface area (Å²) in [4.78, 5) is 0. The molecule has 2 heterocycles. The van der Waals surface area contributed by atoms with Crippen molar-refractivity contribution in [3.63, 3.8) is 0 Å². The highest BCUT2D eigenvalue weighted by Gasteiger charge is 2.69. The molecule has 2 aromatic rings. The number of rotatable bonds is 18. The Hall–Kier alpha value is -2.20. The summed E-state index contributed by atoms with van der Waals surface area (Å²) in [5, 5.41) is 13.9. The van der Waals surface area contributed by atoms with Gasteiger partial charge in [0.2, 0.25) is 5.79 Å². The first kappa shape index (κ1) is 33.7. The van der Waals surface area contributed by atoms with E-state index in [-0.39, 0.29) is 6.61 Å². The molecule has 4 rings (SSSR count). The van der Waals surface area contributed by atoms with Gasteiger partial charge in [0.05, 0.1) is 19.4 Å². The zero-order chi connectivity index (χ0) is 30.7. The summed E-state index contributed by atoms with van der Waals surface area (Å²) in [7, 11) is 0. The van der Waals surface area contributed by atoms with Crippen LogP contribution < -0.4 is 4.74 Å². The molecular weight excluding hydrogens is 570 g/mol. The molecule has 0 saturated carbocycles. The molecule has 0 unspecified atom stereocenters. The molecular formula is C34H48ClNO7. The molecule has 0 aliphatic carbocycles. The fourth-order valence-electron chi connectivity index (χ4n) is 5.74. The zero-order valence-electron chi connectivity index (χ0n) is 26.1. The van der Waals surface area contributed by atoms with Crippen molar-refractivity contribution in [2.75, 3.05) is 33.0 Å². The molecule has 238 valence electrons. The molecule has 0 amide bonds. The number of fused-ring (bicyclic) bond motifs is 2. The van der Waals surface area contributed by atoms with Gasteiger partial charge in [0.25, 0.3) is 0 Å². The summed E-state index contributed by atoms with van der Waals surface area (Å²) in [6.07, 6.45) is 5.84. The van der Waals surface area contributed by atoms with Crippen LogP contribution >= 0.6 is 11.6 Å². The highest BCUT2D eigenvalue weighted by atomic mass is 35.5. The molecule has 0 spiro atoms. The van der Waals surface area contributed by atoms with Crippen molar-refractivity contribution in [3.05, 3.63) is 64.2 Å². The highest BCUT2D eigenvalue weighted by Crippen LogP contribution is 2.52. The highest BCUT2D eigenvalue weighted by molar-refractivity contribution is 6.31. The van der Waals surface area contributed by atoms with E-state index in [0.29, 0.717) is 37.9 Å². The fraction of sp³-hybridized carbons (Fsp3) is 0.618. The predicted molar refractivity (Wildman–Crippen MR) is 168 cm³/mol. The normalized spacial score (nSPS) is 26.8. The van der Waals surface area contributed by atoms with E-state index in [4.69, 9.17) is 40.0 Å². The Balaban J connectivity index is 1.76. The van der Waals surface area contributed by atoms with Gasteiger partial charge in [-0.1, -0.05) is 75.0 Å². The third kappa shape index (κ3) is 7.72. The van der Waals surface area contributed by atoms with Crippen molar-refractivity contribution in [1.29, 1.82) is 0 Å². The molecule has 2 bridgehead atoms. The lowest BCUT2D eigenvalue weighted by Crippen LogP contribution is -2.67. The van der Waals surface area contributed by atoms with E-state index in [1.165, 1.54) is 6.21 Å². The maximum Gasteiger partial charge on any atom is 0.226 e.